The van der Waals surface area contributed by atoms with Crippen LogP contribution in [-0.4, -0.2) is 36.0 Å². The van der Waals surface area contributed by atoms with E-state index in [1.165, 1.54) is 11.0 Å². The fourth-order valence-electron chi connectivity index (χ4n) is 1.69. The number of carbonyl (C=O) groups is 2. The van der Waals surface area contributed by atoms with Crippen LogP contribution in [0.5, 0.6) is 0 Å². The summed E-state index contributed by atoms with van der Waals surface area (Å²) in [5.41, 5.74) is 0. The van der Waals surface area contributed by atoms with Gasteiger partial charge < -0.3 is 9.64 Å². The number of hydrogen-bond donors (Lipinski definition) is 0. The fourth-order valence-corrected chi connectivity index (χ4v) is 1.69. The molecule has 0 aliphatic heterocycles. The largest absolute Gasteiger partial charge is 0.464 e. The van der Waals surface area contributed by atoms with Crippen LogP contribution in [0.3, 0.4) is 0 Å². The second-order valence-electron chi connectivity index (χ2n) is 4.23. The number of nitrogens with zero attached hydrogens (tertiary/aromatic N) is 1. The maximum absolute atomic E-state index is 11.7. The molecule has 0 heterocycles. The van der Waals surface area contributed by atoms with Crippen LogP contribution in [0.1, 0.15) is 46.5 Å². The highest BCUT2D eigenvalue weighted by Crippen LogP contribution is 2.05. The lowest BCUT2D eigenvalue weighted by molar-refractivity contribution is -0.153. The molecule has 0 aromatic rings. The quantitative estimate of drug-likeness (QED) is 0.361. The van der Waals surface area contributed by atoms with Crippen LogP contribution >= 0.6 is 0 Å². The summed E-state index contributed by atoms with van der Waals surface area (Å²) in [6.45, 7) is 9.97. The molecule has 0 fully saturated rings. The molecule has 4 heteroatoms. The predicted molar refractivity (Wildman–Crippen MR) is 72.1 cm³/mol. The van der Waals surface area contributed by atoms with Crippen molar-refractivity contribution in [2.24, 2.45) is 0 Å². The zero-order chi connectivity index (χ0) is 14.0. The van der Waals surface area contributed by atoms with E-state index in [-0.39, 0.29) is 11.9 Å². The van der Waals surface area contributed by atoms with Gasteiger partial charge in [0.25, 0.3) is 0 Å². The van der Waals surface area contributed by atoms with E-state index in [1.54, 1.807) is 6.92 Å². The molecule has 0 bridgehead atoms. The topological polar surface area (TPSA) is 46.6 Å². The molecule has 0 aliphatic carbocycles. The number of carbonyl (C=O) groups excluding carboxylic acids is 2. The van der Waals surface area contributed by atoms with Gasteiger partial charge in [-0.25, -0.2) is 4.79 Å². The normalized spacial score (nSPS) is 11.7. The number of unbranched alkanes of at least 4 members (excludes halogenated alkanes) is 3. The van der Waals surface area contributed by atoms with Crippen LogP contribution in [0, 0.1) is 0 Å². The summed E-state index contributed by atoms with van der Waals surface area (Å²) in [7, 11) is 0. The van der Waals surface area contributed by atoms with Gasteiger partial charge in [-0.05, 0) is 26.3 Å². The number of amides is 1. The highest BCUT2D eigenvalue weighted by molar-refractivity contribution is 5.90. The Morgan fingerprint density at radius 2 is 1.94 bits per heavy atom. The molecule has 0 saturated carbocycles. The van der Waals surface area contributed by atoms with Crippen molar-refractivity contribution in [2.45, 2.75) is 52.5 Å². The molecule has 0 aromatic carbocycles. The zero-order valence-electron chi connectivity index (χ0n) is 11.8. The van der Waals surface area contributed by atoms with Gasteiger partial charge in [-0.2, -0.15) is 0 Å². The molecule has 0 aliphatic rings. The van der Waals surface area contributed by atoms with Crippen molar-refractivity contribution in [1.29, 1.82) is 0 Å². The SMILES string of the molecule is C=CC(=O)N(CC)C(C)C(=O)OCCCCCC. The van der Waals surface area contributed by atoms with E-state index in [2.05, 4.69) is 13.5 Å². The molecule has 1 unspecified atom stereocenters. The third-order valence-electron chi connectivity index (χ3n) is 2.85. The highest BCUT2D eigenvalue weighted by atomic mass is 16.5. The number of hydrogen-bond acceptors (Lipinski definition) is 3. The third kappa shape index (κ3) is 5.84. The van der Waals surface area contributed by atoms with E-state index in [0.717, 1.165) is 25.7 Å². The molecule has 0 rings (SSSR count). The lowest BCUT2D eigenvalue weighted by atomic mass is 10.2. The molecule has 0 N–H and O–H groups in total. The Hall–Kier alpha value is -1.32. The van der Waals surface area contributed by atoms with Gasteiger partial charge in [0.05, 0.1) is 6.61 Å². The van der Waals surface area contributed by atoms with Crippen LogP contribution in [0.4, 0.5) is 0 Å². The van der Waals surface area contributed by atoms with Crippen LogP contribution in [0.15, 0.2) is 12.7 Å². The van der Waals surface area contributed by atoms with Crippen molar-refractivity contribution in [3.05, 3.63) is 12.7 Å². The predicted octanol–water partition coefficient (Wildman–Crippen LogP) is 2.53. The molecule has 0 saturated heterocycles. The number of rotatable bonds is 9. The van der Waals surface area contributed by atoms with E-state index in [1.807, 2.05) is 6.92 Å². The number of ether oxygens (including phenoxy) is 1. The first kappa shape index (κ1) is 16.7. The lowest BCUT2D eigenvalue weighted by Gasteiger charge is -2.25. The summed E-state index contributed by atoms with van der Waals surface area (Å²) in [6.07, 6.45) is 5.48. The molecule has 4 nitrogen and oxygen atoms in total. The summed E-state index contributed by atoms with van der Waals surface area (Å²) in [6, 6.07) is -0.549. The highest BCUT2D eigenvalue weighted by Gasteiger charge is 2.23. The van der Waals surface area contributed by atoms with Gasteiger partial charge in [0.2, 0.25) is 5.91 Å². The summed E-state index contributed by atoms with van der Waals surface area (Å²) in [5, 5.41) is 0. The molecular formula is C14H25NO3. The van der Waals surface area contributed by atoms with Gasteiger partial charge in [0, 0.05) is 6.54 Å². The molecule has 0 spiro atoms. The van der Waals surface area contributed by atoms with Crippen LogP contribution in [0.25, 0.3) is 0 Å². The van der Waals surface area contributed by atoms with Crippen molar-refractivity contribution in [3.63, 3.8) is 0 Å². The minimum Gasteiger partial charge on any atom is -0.464 e. The number of likely N-dealkylation sites (N-methyl/N-ethyl adjacent to an activating group) is 1. The Labute approximate surface area is 110 Å². The Kier molecular flexibility index (Phi) is 8.97. The fraction of sp³-hybridized carbons (Fsp3) is 0.714. The van der Waals surface area contributed by atoms with Crippen molar-refractivity contribution in [2.75, 3.05) is 13.2 Å². The Balaban J connectivity index is 4.07. The Morgan fingerprint density at radius 3 is 2.44 bits per heavy atom. The van der Waals surface area contributed by atoms with E-state index in [0.29, 0.717) is 13.2 Å². The number of esters is 1. The molecule has 104 valence electrons. The first-order chi connectivity index (χ1) is 8.58. The van der Waals surface area contributed by atoms with Crippen molar-refractivity contribution >= 4 is 11.9 Å². The Bertz CT molecular complexity index is 276. The van der Waals surface area contributed by atoms with E-state index in [9.17, 15) is 9.59 Å². The summed E-state index contributed by atoms with van der Waals surface area (Å²) in [4.78, 5) is 24.7. The standard InChI is InChI=1S/C14H25NO3/c1-5-8-9-10-11-18-14(17)12(4)15(7-3)13(16)6-2/h6,12H,2,5,7-11H2,1,3-4H3. The first-order valence-electron chi connectivity index (χ1n) is 6.68. The molecule has 1 amide bonds. The monoisotopic (exact) mass is 255 g/mol. The van der Waals surface area contributed by atoms with Gasteiger partial charge in [-0.15, -0.1) is 0 Å². The first-order valence-corrected chi connectivity index (χ1v) is 6.68. The van der Waals surface area contributed by atoms with Crippen molar-refractivity contribution in [3.8, 4) is 0 Å². The van der Waals surface area contributed by atoms with Crippen molar-refractivity contribution < 1.29 is 14.3 Å². The maximum atomic E-state index is 11.7. The average Bonchev–Trinajstić information content (AvgIpc) is 2.38. The average molecular weight is 255 g/mol. The Morgan fingerprint density at radius 1 is 1.28 bits per heavy atom. The third-order valence-corrected chi connectivity index (χ3v) is 2.85. The van der Waals surface area contributed by atoms with Gasteiger partial charge >= 0.3 is 5.97 Å². The summed E-state index contributed by atoms with van der Waals surface area (Å²) in [5.74, 6) is -0.587. The molecular weight excluding hydrogens is 230 g/mol. The zero-order valence-corrected chi connectivity index (χ0v) is 11.8. The van der Waals surface area contributed by atoms with Crippen LogP contribution < -0.4 is 0 Å². The van der Waals surface area contributed by atoms with Crippen LogP contribution in [0.2, 0.25) is 0 Å². The van der Waals surface area contributed by atoms with Gasteiger partial charge in [0.15, 0.2) is 0 Å². The minimum atomic E-state index is -0.549. The van der Waals surface area contributed by atoms with E-state index < -0.39 is 6.04 Å². The maximum Gasteiger partial charge on any atom is 0.328 e. The van der Waals surface area contributed by atoms with Gasteiger partial charge in [0.1, 0.15) is 6.04 Å². The molecule has 18 heavy (non-hydrogen) atoms. The lowest BCUT2D eigenvalue weighted by Crippen LogP contribution is -2.43. The van der Waals surface area contributed by atoms with Crippen LogP contribution in [-0.2, 0) is 14.3 Å². The second kappa shape index (κ2) is 9.68. The summed E-state index contributed by atoms with van der Waals surface area (Å²) < 4.78 is 5.16. The molecule has 1 atom stereocenters. The summed E-state index contributed by atoms with van der Waals surface area (Å²) >= 11 is 0. The molecule has 0 aromatic heterocycles. The molecule has 0 radical (unpaired) electrons. The second-order valence-corrected chi connectivity index (χ2v) is 4.23. The van der Waals surface area contributed by atoms with E-state index >= 15 is 0 Å². The van der Waals surface area contributed by atoms with Gasteiger partial charge in [-0.3, -0.25) is 4.79 Å². The minimum absolute atomic E-state index is 0.243. The van der Waals surface area contributed by atoms with Crippen molar-refractivity contribution in [1.82, 2.24) is 4.90 Å². The smallest absolute Gasteiger partial charge is 0.328 e. The van der Waals surface area contributed by atoms with Gasteiger partial charge in [-0.1, -0.05) is 32.8 Å². The van der Waals surface area contributed by atoms with E-state index in [4.69, 9.17) is 4.74 Å².